The van der Waals surface area contributed by atoms with E-state index in [1.165, 1.54) is 24.5 Å². The summed E-state index contributed by atoms with van der Waals surface area (Å²) in [5.41, 5.74) is 6.34. The third-order valence-corrected chi connectivity index (χ3v) is 2.25. The Morgan fingerprint density at radius 3 is 2.94 bits per heavy atom. The van der Waals surface area contributed by atoms with Gasteiger partial charge in [-0.3, -0.25) is 15.1 Å². The third-order valence-electron chi connectivity index (χ3n) is 2.25. The summed E-state index contributed by atoms with van der Waals surface area (Å²) < 4.78 is 0. The first-order chi connectivity index (χ1) is 8.65. The van der Waals surface area contributed by atoms with Crippen molar-refractivity contribution in [3.63, 3.8) is 0 Å². The molecule has 2 aromatic rings. The van der Waals surface area contributed by atoms with E-state index in [4.69, 9.17) is 5.73 Å². The Morgan fingerprint density at radius 1 is 1.39 bits per heavy atom. The molecule has 0 atom stereocenters. The number of nitro benzene ring substituents is 1. The Hall–Kier alpha value is -2.70. The van der Waals surface area contributed by atoms with Crippen molar-refractivity contribution in [1.29, 1.82) is 0 Å². The predicted octanol–water partition coefficient (Wildman–Crippen LogP) is 1.58. The number of nitro groups is 1. The molecule has 0 spiro atoms. The van der Waals surface area contributed by atoms with Crippen LogP contribution in [0.4, 0.5) is 17.3 Å². The maximum atomic E-state index is 10.6. The fourth-order valence-corrected chi connectivity index (χ4v) is 1.44. The van der Waals surface area contributed by atoms with Gasteiger partial charge in [-0.05, 0) is 5.56 Å². The summed E-state index contributed by atoms with van der Waals surface area (Å²) in [5, 5.41) is 13.6. The van der Waals surface area contributed by atoms with E-state index in [0.29, 0.717) is 18.2 Å². The van der Waals surface area contributed by atoms with Gasteiger partial charge >= 0.3 is 0 Å². The number of nitrogens with one attached hydrogen (secondary N) is 1. The van der Waals surface area contributed by atoms with Crippen LogP contribution in [0.5, 0.6) is 0 Å². The molecule has 7 nitrogen and oxygen atoms in total. The lowest BCUT2D eigenvalue weighted by molar-refractivity contribution is -0.384. The minimum absolute atomic E-state index is 0.0629. The topological polar surface area (TPSA) is 107 Å². The van der Waals surface area contributed by atoms with Crippen LogP contribution in [-0.2, 0) is 6.54 Å². The summed E-state index contributed by atoms with van der Waals surface area (Å²) in [6.45, 7) is 0.416. The van der Waals surface area contributed by atoms with Gasteiger partial charge in [0.2, 0.25) is 0 Å². The molecule has 2 rings (SSSR count). The van der Waals surface area contributed by atoms with E-state index < -0.39 is 4.92 Å². The number of benzene rings is 1. The van der Waals surface area contributed by atoms with Crippen LogP contribution in [0, 0.1) is 10.1 Å². The number of nitrogens with zero attached hydrogens (tertiary/aromatic N) is 3. The molecule has 1 aromatic heterocycles. The van der Waals surface area contributed by atoms with E-state index in [2.05, 4.69) is 15.3 Å². The van der Waals surface area contributed by atoms with Crippen molar-refractivity contribution in [3.05, 3.63) is 52.3 Å². The number of rotatable bonds is 4. The predicted molar refractivity (Wildman–Crippen MR) is 66.9 cm³/mol. The Balaban J connectivity index is 2.06. The largest absolute Gasteiger partial charge is 0.382 e. The van der Waals surface area contributed by atoms with Crippen molar-refractivity contribution in [3.8, 4) is 0 Å². The molecule has 0 radical (unpaired) electrons. The molecule has 0 saturated heterocycles. The van der Waals surface area contributed by atoms with Gasteiger partial charge in [0.25, 0.3) is 5.69 Å². The number of nitrogen functional groups attached to an aromatic ring is 1. The summed E-state index contributed by atoms with van der Waals surface area (Å²) in [7, 11) is 0. The van der Waals surface area contributed by atoms with Gasteiger partial charge in [-0.25, -0.2) is 4.98 Å². The second kappa shape index (κ2) is 5.09. The zero-order valence-electron chi connectivity index (χ0n) is 9.41. The van der Waals surface area contributed by atoms with E-state index in [1.54, 1.807) is 12.1 Å². The first-order valence-electron chi connectivity index (χ1n) is 5.20. The standard InChI is InChI=1S/C11H11N5O2/c12-10-6-13-7-11(15-10)14-5-8-2-1-3-9(4-8)16(17)18/h1-4,6-7H,5H2,(H3,12,14,15). The quantitative estimate of drug-likeness (QED) is 0.625. The Morgan fingerprint density at radius 2 is 2.22 bits per heavy atom. The maximum Gasteiger partial charge on any atom is 0.269 e. The smallest absolute Gasteiger partial charge is 0.269 e. The van der Waals surface area contributed by atoms with Gasteiger partial charge in [0.05, 0.1) is 17.3 Å². The van der Waals surface area contributed by atoms with Crippen LogP contribution < -0.4 is 11.1 Å². The number of anilines is 2. The lowest BCUT2D eigenvalue weighted by Crippen LogP contribution is -2.03. The van der Waals surface area contributed by atoms with Crippen molar-refractivity contribution < 1.29 is 4.92 Å². The molecule has 1 aromatic carbocycles. The highest BCUT2D eigenvalue weighted by Crippen LogP contribution is 2.14. The van der Waals surface area contributed by atoms with Crippen LogP contribution in [0.15, 0.2) is 36.7 Å². The first-order valence-corrected chi connectivity index (χ1v) is 5.20. The lowest BCUT2D eigenvalue weighted by Gasteiger charge is -2.05. The summed E-state index contributed by atoms with van der Waals surface area (Å²) in [5.74, 6) is 0.848. The summed E-state index contributed by atoms with van der Waals surface area (Å²) in [6.07, 6.45) is 2.98. The normalized spacial score (nSPS) is 10.0. The second-order valence-corrected chi connectivity index (χ2v) is 3.61. The molecule has 0 aliphatic carbocycles. The molecule has 92 valence electrons. The molecule has 3 N–H and O–H groups in total. The summed E-state index contributed by atoms with van der Waals surface area (Å²) >= 11 is 0. The third kappa shape index (κ3) is 2.91. The van der Waals surface area contributed by atoms with Gasteiger partial charge in [0.1, 0.15) is 11.6 Å². The van der Waals surface area contributed by atoms with Gasteiger partial charge in [-0.1, -0.05) is 12.1 Å². The van der Waals surface area contributed by atoms with E-state index in [0.717, 1.165) is 5.56 Å². The van der Waals surface area contributed by atoms with Crippen LogP contribution >= 0.6 is 0 Å². The highest BCUT2D eigenvalue weighted by atomic mass is 16.6. The van der Waals surface area contributed by atoms with Crippen molar-refractivity contribution in [2.24, 2.45) is 0 Å². The highest BCUT2D eigenvalue weighted by molar-refractivity contribution is 5.40. The van der Waals surface area contributed by atoms with Crippen molar-refractivity contribution in [2.45, 2.75) is 6.54 Å². The fraction of sp³-hybridized carbons (Fsp3) is 0.0909. The van der Waals surface area contributed by atoms with Gasteiger partial charge in [0, 0.05) is 18.7 Å². The molecule has 0 aliphatic heterocycles. The van der Waals surface area contributed by atoms with Crippen molar-refractivity contribution in [2.75, 3.05) is 11.1 Å². The van der Waals surface area contributed by atoms with E-state index in [1.807, 2.05) is 0 Å². The van der Waals surface area contributed by atoms with Crippen LogP contribution in [0.2, 0.25) is 0 Å². The van der Waals surface area contributed by atoms with E-state index in [-0.39, 0.29) is 5.69 Å². The Bertz CT molecular complexity index is 573. The average Bonchev–Trinajstić information content (AvgIpc) is 2.37. The molecule has 0 bridgehead atoms. The molecular weight excluding hydrogens is 234 g/mol. The minimum atomic E-state index is -0.427. The van der Waals surface area contributed by atoms with E-state index >= 15 is 0 Å². The van der Waals surface area contributed by atoms with Gasteiger partial charge in [-0.2, -0.15) is 0 Å². The molecular formula is C11H11N5O2. The van der Waals surface area contributed by atoms with Crippen LogP contribution in [0.25, 0.3) is 0 Å². The number of hydrogen-bond acceptors (Lipinski definition) is 6. The molecule has 1 heterocycles. The number of non-ortho nitro benzene ring substituents is 1. The number of aromatic nitrogens is 2. The van der Waals surface area contributed by atoms with Gasteiger partial charge in [0.15, 0.2) is 0 Å². The molecule has 0 fully saturated rings. The molecule has 0 amide bonds. The minimum Gasteiger partial charge on any atom is -0.382 e. The van der Waals surface area contributed by atoms with Crippen LogP contribution in [0.1, 0.15) is 5.56 Å². The molecule has 18 heavy (non-hydrogen) atoms. The SMILES string of the molecule is Nc1cncc(NCc2cccc([N+](=O)[O-])c2)n1. The van der Waals surface area contributed by atoms with Crippen LogP contribution in [0.3, 0.4) is 0 Å². The van der Waals surface area contributed by atoms with E-state index in [9.17, 15) is 10.1 Å². The van der Waals surface area contributed by atoms with Crippen LogP contribution in [-0.4, -0.2) is 14.9 Å². The summed E-state index contributed by atoms with van der Waals surface area (Å²) in [4.78, 5) is 18.1. The Labute approximate surface area is 103 Å². The zero-order chi connectivity index (χ0) is 13.0. The molecule has 0 aliphatic rings. The second-order valence-electron chi connectivity index (χ2n) is 3.61. The average molecular weight is 245 g/mol. The highest BCUT2D eigenvalue weighted by Gasteiger charge is 2.05. The first kappa shape index (κ1) is 11.8. The Kier molecular flexibility index (Phi) is 3.33. The molecule has 7 heteroatoms. The van der Waals surface area contributed by atoms with Crippen molar-refractivity contribution in [1.82, 2.24) is 9.97 Å². The lowest BCUT2D eigenvalue weighted by atomic mass is 10.2. The monoisotopic (exact) mass is 245 g/mol. The van der Waals surface area contributed by atoms with Gasteiger partial charge < -0.3 is 11.1 Å². The molecule has 0 unspecified atom stereocenters. The summed E-state index contributed by atoms with van der Waals surface area (Å²) in [6, 6.07) is 6.39. The van der Waals surface area contributed by atoms with Gasteiger partial charge in [-0.15, -0.1) is 0 Å². The van der Waals surface area contributed by atoms with Crippen molar-refractivity contribution >= 4 is 17.3 Å². The maximum absolute atomic E-state index is 10.6. The fourth-order valence-electron chi connectivity index (χ4n) is 1.44. The zero-order valence-corrected chi connectivity index (χ0v) is 9.41. The molecule has 0 saturated carbocycles. The number of nitrogens with two attached hydrogens (primary N) is 1. The number of hydrogen-bond donors (Lipinski definition) is 2.